The van der Waals surface area contributed by atoms with E-state index in [1.54, 1.807) is 36.2 Å². The lowest BCUT2D eigenvalue weighted by Gasteiger charge is -2.27. The third-order valence-electron chi connectivity index (χ3n) is 5.91. The lowest BCUT2D eigenvalue weighted by atomic mass is 9.78. The number of ether oxygens (including phenoxy) is 1. The molecule has 5 heteroatoms. The van der Waals surface area contributed by atoms with Crippen LogP contribution in [0.2, 0.25) is 0 Å². The molecule has 1 spiro atoms. The smallest absolute Gasteiger partial charge is 0.341 e. The van der Waals surface area contributed by atoms with Crippen LogP contribution in [0.1, 0.15) is 30.4 Å². The van der Waals surface area contributed by atoms with E-state index < -0.39 is 5.97 Å². The van der Waals surface area contributed by atoms with Gasteiger partial charge in [-0.25, -0.2) is 4.79 Å². The van der Waals surface area contributed by atoms with Gasteiger partial charge >= 0.3 is 5.97 Å². The molecule has 0 bridgehead atoms. The number of hydrogen-bond acceptors (Lipinski definition) is 3. The molecular weight excluding hydrogens is 342 g/mol. The van der Waals surface area contributed by atoms with Gasteiger partial charge in [0.25, 0.3) is 0 Å². The van der Waals surface area contributed by atoms with Gasteiger partial charge in [0.15, 0.2) is 6.61 Å². The molecule has 1 saturated carbocycles. The van der Waals surface area contributed by atoms with Crippen molar-refractivity contribution in [3.8, 4) is 5.75 Å². The summed E-state index contributed by atoms with van der Waals surface area (Å²) in [5.41, 5.74) is 3.56. The Kier molecular flexibility index (Phi) is 4.38. The van der Waals surface area contributed by atoms with E-state index in [0.29, 0.717) is 5.75 Å². The van der Waals surface area contributed by atoms with Gasteiger partial charge in [0, 0.05) is 24.1 Å². The number of carboxylic acid groups (broad SMARTS) is 1. The maximum absolute atomic E-state index is 13.1. The van der Waals surface area contributed by atoms with Crippen molar-refractivity contribution in [2.75, 3.05) is 18.6 Å². The molecule has 0 heterocycles. The zero-order valence-electron chi connectivity index (χ0n) is 15.4. The SMILES string of the molecule is CN(C(=O)C1CC12CCCc1ccccc12)c1ccc(OCC(=O)O)cc1. The molecule has 2 unspecified atom stereocenters. The number of rotatable bonds is 5. The van der Waals surface area contributed by atoms with Gasteiger partial charge < -0.3 is 14.7 Å². The molecule has 0 saturated heterocycles. The van der Waals surface area contributed by atoms with E-state index in [4.69, 9.17) is 9.84 Å². The second-order valence-electron chi connectivity index (χ2n) is 7.50. The van der Waals surface area contributed by atoms with Crippen LogP contribution < -0.4 is 9.64 Å². The first kappa shape index (κ1) is 17.6. The Morgan fingerprint density at radius 3 is 2.67 bits per heavy atom. The van der Waals surface area contributed by atoms with Crippen molar-refractivity contribution in [1.82, 2.24) is 0 Å². The van der Waals surface area contributed by atoms with Crippen molar-refractivity contribution >= 4 is 17.6 Å². The maximum atomic E-state index is 13.1. The lowest BCUT2D eigenvalue weighted by molar-refractivity contribution is -0.139. The van der Waals surface area contributed by atoms with Gasteiger partial charge in [-0.3, -0.25) is 4.79 Å². The standard InChI is InChI=1S/C22H23NO4/c1-23(16-8-10-17(11-9-16)27-14-20(24)25)21(26)19-13-22(19)12-4-6-15-5-2-3-7-18(15)22/h2-3,5,7-11,19H,4,6,12-14H2,1H3,(H,24,25). The van der Waals surface area contributed by atoms with Gasteiger partial charge in [-0.1, -0.05) is 24.3 Å². The summed E-state index contributed by atoms with van der Waals surface area (Å²) >= 11 is 0. The minimum atomic E-state index is -1.02. The fourth-order valence-corrected chi connectivity index (χ4v) is 4.43. The summed E-state index contributed by atoms with van der Waals surface area (Å²) in [6.45, 7) is -0.377. The minimum absolute atomic E-state index is 0.0186. The Morgan fingerprint density at radius 2 is 1.93 bits per heavy atom. The normalized spacial score (nSPS) is 22.8. The van der Waals surface area contributed by atoms with Gasteiger partial charge in [-0.2, -0.15) is 0 Å². The van der Waals surface area contributed by atoms with Crippen LogP contribution in [0.25, 0.3) is 0 Å². The van der Waals surface area contributed by atoms with E-state index in [2.05, 4.69) is 24.3 Å². The van der Waals surface area contributed by atoms with Gasteiger partial charge in [-0.05, 0) is 61.1 Å². The molecule has 0 aliphatic heterocycles. The summed E-state index contributed by atoms with van der Waals surface area (Å²) in [5, 5.41) is 8.67. The van der Waals surface area contributed by atoms with Crippen LogP contribution in [0, 0.1) is 5.92 Å². The Balaban J connectivity index is 1.47. The number of aryl methyl sites for hydroxylation is 1. The van der Waals surface area contributed by atoms with Gasteiger partial charge in [0.1, 0.15) is 5.75 Å². The first-order valence-electron chi connectivity index (χ1n) is 9.32. The van der Waals surface area contributed by atoms with Crippen LogP contribution in [-0.2, 0) is 21.4 Å². The molecule has 4 rings (SSSR count). The molecule has 1 fully saturated rings. The average Bonchev–Trinajstić information content (AvgIpc) is 3.40. The zero-order valence-corrected chi connectivity index (χ0v) is 15.4. The Hall–Kier alpha value is -2.82. The van der Waals surface area contributed by atoms with Crippen LogP contribution >= 0.6 is 0 Å². The molecule has 2 aliphatic rings. The minimum Gasteiger partial charge on any atom is -0.482 e. The number of fused-ring (bicyclic) bond motifs is 2. The average molecular weight is 365 g/mol. The van der Waals surface area contributed by atoms with Crippen molar-refractivity contribution < 1.29 is 19.4 Å². The van der Waals surface area contributed by atoms with E-state index in [1.807, 2.05) is 0 Å². The van der Waals surface area contributed by atoms with Crippen LogP contribution in [-0.4, -0.2) is 30.6 Å². The highest BCUT2D eigenvalue weighted by atomic mass is 16.5. The Bertz CT molecular complexity index is 876. The van der Waals surface area contributed by atoms with E-state index in [9.17, 15) is 9.59 Å². The van der Waals surface area contributed by atoms with Crippen LogP contribution in [0.15, 0.2) is 48.5 Å². The molecule has 1 N–H and O–H groups in total. The summed E-state index contributed by atoms with van der Waals surface area (Å²) in [6.07, 6.45) is 4.25. The monoisotopic (exact) mass is 365 g/mol. The second kappa shape index (κ2) is 6.72. The predicted octanol–water partition coefficient (Wildman–Crippen LogP) is 3.41. The molecule has 2 aliphatic carbocycles. The Morgan fingerprint density at radius 1 is 1.19 bits per heavy atom. The van der Waals surface area contributed by atoms with E-state index >= 15 is 0 Å². The number of nitrogens with zero attached hydrogens (tertiary/aromatic N) is 1. The van der Waals surface area contributed by atoms with Crippen LogP contribution in [0.4, 0.5) is 5.69 Å². The molecule has 0 radical (unpaired) electrons. The van der Waals surface area contributed by atoms with Gasteiger partial charge in [0.05, 0.1) is 0 Å². The molecule has 2 aromatic rings. The number of anilines is 1. The fourth-order valence-electron chi connectivity index (χ4n) is 4.43. The quantitative estimate of drug-likeness (QED) is 0.882. The van der Waals surface area contributed by atoms with Crippen LogP contribution in [0.5, 0.6) is 5.75 Å². The third-order valence-corrected chi connectivity index (χ3v) is 5.91. The van der Waals surface area contributed by atoms with E-state index in [0.717, 1.165) is 31.4 Å². The number of amides is 1. The van der Waals surface area contributed by atoms with E-state index in [1.165, 1.54) is 11.1 Å². The third kappa shape index (κ3) is 3.18. The summed E-state index contributed by atoms with van der Waals surface area (Å²) < 4.78 is 5.15. The van der Waals surface area contributed by atoms with Gasteiger partial charge in [-0.15, -0.1) is 0 Å². The first-order valence-corrected chi connectivity index (χ1v) is 9.32. The number of carbonyl (C=O) groups excluding carboxylic acids is 1. The maximum Gasteiger partial charge on any atom is 0.341 e. The molecule has 140 valence electrons. The summed E-state index contributed by atoms with van der Waals surface area (Å²) in [5.74, 6) is -0.359. The van der Waals surface area contributed by atoms with Crippen LogP contribution in [0.3, 0.4) is 0 Å². The highest BCUT2D eigenvalue weighted by Crippen LogP contribution is 2.60. The van der Waals surface area contributed by atoms with Crippen molar-refractivity contribution in [1.29, 1.82) is 0 Å². The molecule has 2 aromatic carbocycles. The molecule has 5 nitrogen and oxygen atoms in total. The number of hydrogen-bond donors (Lipinski definition) is 1. The number of carboxylic acids is 1. The number of benzene rings is 2. The van der Waals surface area contributed by atoms with Gasteiger partial charge in [0.2, 0.25) is 5.91 Å². The molecule has 27 heavy (non-hydrogen) atoms. The predicted molar refractivity (Wildman–Crippen MR) is 102 cm³/mol. The zero-order chi connectivity index (χ0) is 19.0. The van der Waals surface area contributed by atoms with Crippen molar-refractivity contribution in [2.24, 2.45) is 5.92 Å². The number of aliphatic carboxylic acids is 1. The van der Waals surface area contributed by atoms with Crippen molar-refractivity contribution in [3.63, 3.8) is 0 Å². The summed E-state index contributed by atoms with van der Waals surface area (Å²) in [7, 11) is 1.80. The van der Waals surface area contributed by atoms with Crippen molar-refractivity contribution in [2.45, 2.75) is 31.1 Å². The highest BCUT2D eigenvalue weighted by molar-refractivity contribution is 5.98. The Labute approximate surface area is 158 Å². The summed E-state index contributed by atoms with van der Waals surface area (Å²) in [4.78, 5) is 25.4. The fraction of sp³-hybridized carbons (Fsp3) is 0.364. The molecular formula is C22H23NO4. The highest BCUT2D eigenvalue weighted by Gasteiger charge is 2.60. The summed E-state index contributed by atoms with van der Waals surface area (Å²) in [6, 6.07) is 15.5. The molecule has 0 aromatic heterocycles. The number of carbonyl (C=O) groups is 2. The topological polar surface area (TPSA) is 66.8 Å². The largest absolute Gasteiger partial charge is 0.482 e. The molecule has 2 atom stereocenters. The lowest BCUT2D eigenvalue weighted by Crippen LogP contribution is -2.32. The first-order chi connectivity index (χ1) is 13.0. The van der Waals surface area contributed by atoms with Crippen molar-refractivity contribution in [3.05, 3.63) is 59.7 Å². The molecule has 1 amide bonds. The second-order valence-corrected chi connectivity index (χ2v) is 7.50. The van der Waals surface area contributed by atoms with E-state index in [-0.39, 0.29) is 23.8 Å².